The molecule has 0 fully saturated rings. The Labute approximate surface area is 137 Å². The van der Waals surface area contributed by atoms with Gasteiger partial charge in [0.2, 0.25) is 0 Å². The molecular weight excluding hydrogens is 314 g/mol. The number of anilines is 1. The van der Waals surface area contributed by atoms with E-state index >= 15 is 0 Å². The number of benzene rings is 1. The van der Waals surface area contributed by atoms with Crippen molar-refractivity contribution in [2.24, 2.45) is 7.05 Å². The quantitative estimate of drug-likeness (QED) is 0.802. The molecule has 0 spiro atoms. The summed E-state index contributed by atoms with van der Waals surface area (Å²) in [4.78, 5) is 15.6. The summed E-state index contributed by atoms with van der Waals surface area (Å²) in [6.45, 7) is 1.79. The van der Waals surface area contributed by atoms with Crippen LogP contribution in [0.3, 0.4) is 0 Å². The van der Waals surface area contributed by atoms with Crippen LogP contribution in [0.15, 0.2) is 42.9 Å². The molecule has 0 atom stereocenters. The van der Waals surface area contributed by atoms with Crippen LogP contribution in [0.25, 0.3) is 11.1 Å². The zero-order chi connectivity index (χ0) is 17.3. The summed E-state index contributed by atoms with van der Waals surface area (Å²) in [7, 11) is 1.76. The predicted molar refractivity (Wildman–Crippen MR) is 85.5 cm³/mol. The Morgan fingerprint density at radius 3 is 2.58 bits per heavy atom. The molecule has 0 saturated carbocycles. The van der Waals surface area contributed by atoms with E-state index in [-0.39, 0.29) is 11.3 Å². The zero-order valence-corrected chi connectivity index (χ0v) is 13.0. The van der Waals surface area contributed by atoms with Crippen LogP contribution in [-0.4, -0.2) is 20.7 Å². The van der Waals surface area contributed by atoms with Crippen molar-refractivity contribution in [3.8, 4) is 11.1 Å². The molecule has 1 aromatic carbocycles. The minimum atomic E-state index is -0.738. The first-order valence-corrected chi connectivity index (χ1v) is 7.16. The maximum absolute atomic E-state index is 14.4. The van der Waals surface area contributed by atoms with Gasteiger partial charge in [0.25, 0.3) is 5.91 Å². The lowest BCUT2D eigenvalue weighted by atomic mass is 10.1. The fourth-order valence-electron chi connectivity index (χ4n) is 2.43. The second kappa shape index (κ2) is 6.19. The Kier molecular flexibility index (Phi) is 4.07. The van der Waals surface area contributed by atoms with Crippen LogP contribution in [0.5, 0.6) is 0 Å². The van der Waals surface area contributed by atoms with Crippen molar-refractivity contribution >= 4 is 11.6 Å². The first-order valence-electron chi connectivity index (χ1n) is 7.16. The topological polar surface area (TPSA) is 59.8 Å². The molecule has 24 heavy (non-hydrogen) atoms. The molecule has 0 bridgehead atoms. The van der Waals surface area contributed by atoms with Crippen LogP contribution in [0, 0.1) is 18.6 Å². The zero-order valence-electron chi connectivity index (χ0n) is 13.0. The number of aryl methyl sites for hydroxylation is 2. The summed E-state index contributed by atoms with van der Waals surface area (Å²) in [5.41, 5.74) is 1.84. The van der Waals surface area contributed by atoms with Gasteiger partial charge < -0.3 is 5.32 Å². The Morgan fingerprint density at radius 2 is 1.96 bits per heavy atom. The molecule has 2 heterocycles. The van der Waals surface area contributed by atoms with Gasteiger partial charge in [-0.15, -0.1) is 0 Å². The normalized spacial score (nSPS) is 10.7. The molecule has 1 amide bonds. The Bertz CT molecular complexity index is 921. The molecule has 0 aliphatic heterocycles. The summed E-state index contributed by atoms with van der Waals surface area (Å²) in [6, 6.07) is 5.56. The molecule has 122 valence electrons. The van der Waals surface area contributed by atoms with E-state index in [2.05, 4.69) is 15.4 Å². The third-order valence-electron chi connectivity index (χ3n) is 3.55. The third-order valence-corrected chi connectivity index (χ3v) is 3.55. The second-order valence-corrected chi connectivity index (χ2v) is 5.31. The Balaban J connectivity index is 1.86. The average Bonchev–Trinajstić information content (AvgIpc) is 2.86. The van der Waals surface area contributed by atoms with Crippen molar-refractivity contribution in [3.05, 3.63) is 65.7 Å². The molecule has 0 aliphatic rings. The Morgan fingerprint density at radius 1 is 1.17 bits per heavy atom. The molecule has 3 aromatic rings. The van der Waals surface area contributed by atoms with Crippen molar-refractivity contribution in [1.82, 2.24) is 14.8 Å². The molecule has 0 unspecified atom stereocenters. The van der Waals surface area contributed by atoms with Gasteiger partial charge in [0, 0.05) is 36.3 Å². The first-order chi connectivity index (χ1) is 11.5. The smallest absolute Gasteiger partial charge is 0.258 e. The fraction of sp³-hybridized carbons (Fsp3) is 0.118. The van der Waals surface area contributed by atoms with E-state index in [1.54, 1.807) is 37.0 Å². The monoisotopic (exact) mass is 328 g/mol. The van der Waals surface area contributed by atoms with Crippen LogP contribution < -0.4 is 5.32 Å². The van der Waals surface area contributed by atoms with Gasteiger partial charge in [-0.1, -0.05) is 0 Å². The van der Waals surface area contributed by atoms with E-state index in [1.165, 1.54) is 18.3 Å². The van der Waals surface area contributed by atoms with Gasteiger partial charge in [0.15, 0.2) is 5.82 Å². The van der Waals surface area contributed by atoms with Gasteiger partial charge in [0.1, 0.15) is 5.82 Å². The van der Waals surface area contributed by atoms with E-state index in [1.807, 2.05) is 0 Å². The number of hydrogen-bond acceptors (Lipinski definition) is 3. The Hall–Kier alpha value is -3.09. The molecular formula is C17H14F2N4O. The lowest BCUT2D eigenvalue weighted by Gasteiger charge is -2.08. The van der Waals surface area contributed by atoms with Crippen molar-refractivity contribution in [3.63, 3.8) is 0 Å². The highest BCUT2D eigenvalue weighted by Gasteiger charge is 2.14. The van der Waals surface area contributed by atoms with Crippen LogP contribution in [0.1, 0.15) is 16.1 Å². The van der Waals surface area contributed by atoms with Crippen molar-refractivity contribution in [1.29, 1.82) is 0 Å². The molecule has 7 heteroatoms. The lowest BCUT2D eigenvalue weighted by Crippen LogP contribution is -2.14. The molecule has 3 rings (SSSR count). The van der Waals surface area contributed by atoms with Crippen molar-refractivity contribution < 1.29 is 13.6 Å². The summed E-state index contributed by atoms with van der Waals surface area (Å²) in [5.74, 6) is -1.91. The highest BCUT2D eigenvalue weighted by Crippen LogP contribution is 2.27. The van der Waals surface area contributed by atoms with Gasteiger partial charge in [-0.3, -0.25) is 14.5 Å². The van der Waals surface area contributed by atoms with Crippen LogP contribution in [-0.2, 0) is 7.05 Å². The van der Waals surface area contributed by atoms with E-state index in [4.69, 9.17) is 0 Å². The van der Waals surface area contributed by atoms with Crippen molar-refractivity contribution in [2.75, 3.05) is 5.32 Å². The summed E-state index contributed by atoms with van der Waals surface area (Å²) in [5, 5.41) is 6.65. The maximum Gasteiger partial charge on any atom is 0.258 e. The average molecular weight is 328 g/mol. The number of carbonyl (C=O) groups excluding carboxylic acids is 1. The number of nitrogens with one attached hydrogen (secondary N) is 1. The van der Waals surface area contributed by atoms with Gasteiger partial charge in [-0.05, 0) is 31.2 Å². The number of hydrogen-bond donors (Lipinski definition) is 1. The number of pyridine rings is 1. The highest BCUT2D eigenvalue weighted by molar-refractivity contribution is 6.04. The maximum atomic E-state index is 14.4. The molecule has 1 N–H and O–H groups in total. The summed E-state index contributed by atoms with van der Waals surface area (Å²) >= 11 is 0. The molecule has 0 aliphatic carbocycles. The first kappa shape index (κ1) is 15.8. The number of halogens is 2. The predicted octanol–water partition coefficient (Wildman–Crippen LogP) is 3.32. The fourth-order valence-corrected chi connectivity index (χ4v) is 2.43. The minimum absolute atomic E-state index is 0.155. The van der Waals surface area contributed by atoms with Crippen LogP contribution in [0.4, 0.5) is 14.5 Å². The molecule has 0 radical (unpaired) electrons. The highest BCUT2D eigenvalue weighted by atomic mass is 19.1. The minimum Gasteiger partial charge on any atom is -0.322 e. The van der Waals surface area contributed by atoms with Crippen molar-refractivity contribution in [2.45, 2.75) is 6.92 Å². The van der Waals surface area contributed by atoms with E-state index < -0.39 is 17.5 Å². The molecule has 2 aromatic heterocycles. The number of rotatable bonds is 3. The molecule has 0 saturated heterocycles. The van der Waals surface area contributed by atoms with Crippen LogP contribution >= 0.6 is 0 Å². The lowest BCUT2D eigenvalue weighted by molar-refractivity contribution is 0.102. The standard InChI is InChI=1S/C17H14F2N4O/c1-10-14(9-23(2)22-10)12-4-3-11(7-15(12)18)21-17(24)13-5-6-20-8-16(13)19/h3-9H,1-2H3,(H,21,24). The molecule has 5 nitrogen and oxygen atoms in total. The second-order valence-electron chi connectivity index (χ2n) is 5.31. The van der Waals surface area contributed by atoms with E-state index in [9.17, 15) is 13.6 Å². The largest absolute Gasteiger partial charge is 0.322 e. The number of carbonyl (C=O) groups is 1. The van der Waals surface area contributed by atoms with Gasteiger partial charge in [-0.25, -0.2) is 8.78 Å². The summed E-state index contributed by atoms with van der Waals surface area (Å²) < 4.78 is 29.5. The SMILES string of the molecule is Cc1nn(C)cc1-c1ccc(NC(=O)c2ccncc2F)cc1F. The number of amides is 1. The van der Waals surface area contributed by atoms with Gasteiger partial charge in [0.05, 0.1) is 17.5 Å². The third kappa shape index (κ3) is 3.01. The van der Waals surface area contributed by atoms with Gasteiger partial charge in [-0.2, -0.15) is 5.10 Å². The van der Waals surface area contributed by atoms with Crippen LogP contribution in [0.2, 0.25) is 0 Å². The summed E-state index contributed by atoms with van der Waals surface area (Å²) in [6.07, 6.45) is 3.98. The van der Waals surface area contributed by atoms with E-state index in [0.29, 0.717) is 16.8 Å². The number of nitrogens with zero attached hydrogens (tertiary/aromatic N) is 3. The van der Waals surface area contributed by atoms with Gasteiger partial charge >= 0.3 is 0 Å². The van der Waals surface area contributed by atoms with E-state index in [0.717, 1.165) is 6.20 Å². The number of aromatic nitrogens is 3.